The van der Waals surface area contributed by atoms with Gasteiger partial charge < -0.3 is 14.2 Å². The second kappa shape index (κ2) is 6.79. The Kier molecular flexibility index (Phi) is 4.42. The Morgan fingerprint density at radius 2 is 1.60 bits per heavy atom. The van der Waals surface area contributed by atoms with Crippen molar-refractivity contribution in [2.75, 3.05) is 14.2 Å². The van der Waals surface area contributed by atoms with Crippen LogP contribution >= 0.6 is 23.2 Å². The van der Waals surface area contributed by atoms with Crippen molar-refractivity contribution in [3.05, 3.63) is 89.2 Å². The third-order valence-corrected chi connectivity index (χ3v) is 7.17. The quantitative estimate of drug-likeness (QED) is 0.457. The maximum absolute atomic E-state index is 13.6. The summed E-state index contributed by atoms with van der Waals surface area (Å²) in [6, 6.07) is 19.8. The summed E-state index contributed by atoms with van der Waals surface area (Å²) in [5.74, 6) is 1.17. The van der Waals surface area contributed by atoms with Crippen LogP contribution < -0.4 is 14.2 Å². The minimum absolute atomic E-state index is 0.154. The number of ether oxygens (including phenoxy) is 3. The van der Waals surface area contributed by atoms with Gasteiger partial charge in [0.2, 0.25) is 0 Å². The number of benzene rings is 3. The van der Waals surface area contributed by atoms with Crippen LogP contribution in [0.4, 0.5) is 4.39 Å². The highest BCUT2D eigenvalue weighted by Gasteiger charge is 2.83. The van der Waals surface area contributed by atoms with Gasteiger partial charge in [-0.15, -0.1) is 0 Å². The molecule has 0 radical (unpaired) electrons. The highest BCUT2D eigenvalue weighted by atomic mass is 35.5. The maximum Gasteiger partial charge on any atom is 0.174 e. The van der Waals surface area contributed by atoms with Crippen LogP contribution in [0.15, 0.2) is 66.7 Å². The van der Waals surface area contributed by atoms with Crippen LogP contribution in [0.3, 0.4) is 0 Å². The molecule has 1 aliphatic carbocycles. The molecule has 3 aromatic carbocycles. The van der Waals surface area contributed by atoms with E-state index in [0.29, 0.717) is 17.2 Å². The van der Waals surface area contributed by atoms with Crippen molar-refractivity contribution in [1.82, 2.24) is 0 Å². The van der Waals surface area contributed by atoms with Crippen molar-refractivity contribution < 1.29 is 18.6 Å². The molecule has 0 amide bonds. The van der Waals surface area contributed by atoms with Gasteiger partial charge in [0.15, 0.2) is 21.4 Å². The highest BCUT2D eigenvalue weighted by molar-refractivity contribution is 6.52. The molecular formula is C24H19Cl2FO3. The molecule has 0 aromatic heterocycles. The van der Waals surface area contributed by atoms with E-state index in [-0.39, 0.29) is 17.7 Å². The number of hydrogen-bond acceptors (Lipinski definition) is 3. The van der Waals surface area contributed by atoms with Gasteiger partial charge in [-0.05, 0) is 35.9 Å². The zero-order chi connectivity index (χ0) is 21.1. The maximum atomic E-state index is 13.6. The predicted molar refractivity (Wildman–Crippen MR) is 114 cm³/mol. The topological polar surface area (TPSA) is 27.7 Å². The molecule has 0 spiro atoms. The molecule has 1 heterocycles. The van der Waals surface area contributed by atoms with Gasteiger partial charge in [-0.2, -0.15) is 0 Å². The smallest absolute Gasteiger partial charge is 0.174 e. The fourth-order valence-electron chi connectivity index (χ4n) is 4.71. The predicted octanol–water partition coefficient (Wildman–Crippen LogP) is 6.07. The molecule has 3 unspecified atom stereocenters. The molecule has 1 aliphatic heterocycles. The molecule has 6 heteroatoms. The summed E-state index contributed by atoms with van der Waals surface area (Å²) in [6.07, 6.45) is 0. The van der Waals surface area contributed by atoms with Crippen molar-refractivity contribution in [2.24, 2.45) is 5.92 Å². The van der Waals surface area contributed by atoms with Crippen LogP contribution in [-0.2, 0) is 5.60 Å². The van der Waals surface area contributed by atoms with Gasteiger partial charge in [-0.1, -0.05) is 59.6 Å². The Morgan fingerprint density at radius 3 is 2.30 bits per heavy atom. The first-order valence-electron chi connectivity index (χ1n) is 9.57. The summed E-state index contributed by atoms with van der Waals surface area (Å²) in [5.41, 5.74) is 1.75. The molecule has 3 nitrogen and oxygen atoms in total. The van der Waals surface area contributed by atoms with Crippen LogP contribution in [0, 0.1) is 11.7 Å². The Bertz CT molecular complexity index is 1120. The minimum Gasteiger partial charge on any atom is -0.493 e. The Balaban J connectivity index is 1.70. The summed E-state index contributed by atoms with van der Waals surface area (Å²) in [5, 5.41) is 0. The van der Waals surface area contributed by atoms with E-state index < -0.39 is 9.93 Å². The Morgan fingerprint density at radius 1 is 0.900 bits per heavy atom. The van der Waals surface area contributed by atoms with Gasteiger partial charge in [-0.3, -0.25) is 0 Å². The zero-order valence-electron chi connectivity index (χ0n) is 16.4. The number of para-hydroxylation sites is 1. The van der Waals surface area contributed by atoms with Gasteiger partial charge in [0.25, 0.3) is 0 Å². The van der Waals surface area contributed by atoms with E-state index in [1.807, 2.05) is 42.5 Å². The lowest BCUT2D eigenvalue weighted by molar-refractivity contribution is 0.137. The Hall–Kier alpha value is -2.43. The van der Waals surface area contributed by atoms with Crippen molar-refractivity contribution >= 4 is 23.2 Å². The largest absolute Gasteiger partial charge is 0.493 e. The number of hydrogen-bond donors (Lipinski definition) is 0. The standard InChI is InChI=1S/C24H19Cl2FO3/c1-28-19-12-9-15(13-20(19)29-2)23-22(24(23,25)26)21(14-7-10-16(27)11-8-14)17-5-3-4-6-18(17)30-23/h3-13,21-22H,1-2H3. The Labute approximate surface area is 184 Å². The first-order valence-corrected chi connectivity index (χ1v) is 10.3. The second-order valence-corrected chi connectivity index (χ2v) is 8.96. The van der Waals surface area contributed by atoms with E-state index in [1.165, 1.54) is 12.1 Å². The second-order valence-electron chi connectivity index (χ2n) is 7.58. The summed E-state index contributed by atoms with van der Waals surface area (Å²) in [7, 11) is 3.16. The van der Waals surface area contributed by atoms with Crippen LogP contribution in [0.1, 0.15) is 22.6 Å². The zero-order valence-corrected chi connectivity index (χ0v) is 17.9. The van der Waals surface area contributed by atoms with E-state index in [4.69, 9.17) is 37.4 Å². The van der Waals surface area contributed by atoms with Crippen LogP contribution in [0.2, 0.25) is 0 Å². The highest BCUT2D eigenvalue weighted by Crippen LogP contribution is 2.77. The molecule has 5 rings (SSSR count). The number of fused-ring (bicyclic) bond motifs is 2. The van der Waals surface area contributed by atoms with Gasteiger partial charge >= 0.3 is 0 Å². The fourth-order valence-corrected chi connectivity index (χ4v) is 5.69. The SMILES string of the molecule is COc1ccc(C23Oc4ccccc4C(c4ccc(F)cc4)C2C3(Cl)Cl)cc1OC. The van der Waals surface area contributed by atoms with Crippen molar-refractivity contribution in [1.29, 1.82) is 0 Å². The lowest BCUT2D eigenvalue weighted by Crippen LogP contribution is -2.29. The fraction of sp³-hybridized carbons (Fsp3) is 0.250. The van der Waals surface area contributed by atoms with Crippen molar-refractivity contribution in [3.63, 3.8) is 0 Å². The molecular weight excluding hydrogens is 426 g/mol. The lowest BCUT2D eigenvalue weighted by atomic mass is 9.82. The summed E-state index contributed by atoms with van der Waals surface area (Å²) >= 11 is 13.9. The minimum atomic E-state index is -1.19. The van der Waals surface area contributed by atoms with Gasteiger partial charge in [0.1, 0.15) is 11.6 Å². The first kappa shape index (κ1) is 19.5. The molecule has 154 valence electrons. The lowest BCUT2D eigenvalue weighted by Gasteiger charge is -2.32. The van der Waals surface area contributed by atoms with Crippen molar-refractivity contribution in [2.45, 2.75) is 15.9 Å². The normalized spacial score (nSPS) is 25.5. The van der Waals surface area contributed by atoms with Gasteiger partial charge in [-0.25, -0.2) is 4.39 Å². The van der Waals surface area contributed by atoms with Gasteiger partial charge in [0, 0.05) is 17.0 Å². The van der Waals surface area contributed by atoms with E-state index in [0.717, 1.165) is 16.7 Å². The van der Waals surface area contributed by atoms with E-state index in [9.17, 15) is 4.39 Å². The van der Waals surface area contributed by atoms with Crippen LogP contribution in [-0.4, -0.2) is 18.6 Å². The molecule has 3 atom stereocenters. The molecule has 0 N–H and O–H groups in total. The summed E-state index contributed by atoms with van der Waals surface area (Å²) in [4.78, 5) is 0. The molecule has 1 saturated carbocycles. The first-order chi connectivity index (χ1) is 14.4. The average Bonchev–Trinajstić information content (AvgIpc) is 3.27. The molecule has 1 fully saturated rings. The molecule has 0 bridgehead atoms. The molecule has 0 saturated heterocycles. The number of rotatable bonds is 4. The van der Waals surface area contributed by atoms with Crippen LogP contribution in [0.5, 0.6) is 17.2 Å². The monoisotopic (exact) mass is 444 g/mol. The average molecular weight is 445 g/mol. The van der Waals surface area contributed by atoms with Crippen LogP contribution in [0.25, 0.3) is 0 Å². The third kappa shape index (κ3) is 2.57. The summed E-state index contributed by atoms with van der Waals surface area (Å²) < 4.78 is 29.8. The van der Waals surface area contributed by atoms with Gasteiger partial charge in [0.05, 0.1) is 20.1 Å². The molecule has 3 aromatic rings. The van der Waals surface area contributed by atoms with Crippen molar-refractivity contribution in [3.8, 4) is 17.2 Å². The summed E-state index contributed by atoms with van der Waals surface area (Å²) in [6.45, 7) is 0. The van der Waals surface area contributed by atoms with E-state index in [2.05, 4.69) is 0 Å². The molecule has 30 heavy (non-hydrogen) atoms. The number of halogens is 3. The van der Waals surface area contributed by atoms with E-state index in [1.54, 1.807) is 26.4 Å². The number of alkyl halides is 2. The van der Waals surface area contributed by atoms with E-state index >= 15 is 0 Å². The number of methoxy groups -OCH3 is 2. The molecule has 2 aliphatic rings. The third-order valence-electron chi connectivity index (χ3n) is 6.14.